The number of hydrogen-bond acceptors (Lipinski definition) is 3. The number of nitrogens with one attached hydrogen (secondary N) is 1. The fourth-order valence-corrected chi connectivity index (χ4v) is 2.63. The van der Waals surface area contributed by atoms with Gasteiger partial charge in [0.25, 0.3) is 0 Å². The molecule has 0 radical (unpaired) electrons. The second-order valence-corrected chi connectivity index (χ2v) is 5.42. The van der Waals surface area contributed by atoms with E-state index < -0.39 is 11.6 Å². The molecule has 0 saturated carbocycles. The van der Waals surface area contributed by atoms with Gasteiger partial charge >= 0.3 is 0 Å². The molecule has 0 saturated heterocycles. The number of ether oxygens (including phenoxy) is 1. The van der Waals surface area contributed by atoms with Crippen LogP contribution in [0.25, 0.3) is 0 Å². The van der Waals surface area contributed by atoms with Crippen molar-refractivity contribution in [2.45, 2.75) is 12.5 Å². The Labute approximate surface area is 130 Å². The van der Waals surface area contributed by atoms with Crippen LogP contribution < -0.4 is 16.0 Å². The largest absolute Gasteiger partial charge is 0.496 e. The Kier molecular flexibility index (Phi) is 5.27. The van der Waals surface area contributed by atoms with Crippen LogP contribution in [-0.4, -0.2) is 7.11 Å². The minimum atomic E-state index is -0.862. The first-order valence-electron chi connectivity index (χ1n) is 6.28. The molecular weight excluding hydrogens is 342 g/mol. The standard InChI is InChI=1S/C15H15BrF2N2O/c1-21-15-5-3-10(8-11(15)16)14(20-19)7-9-2-4-12(17)13(18)6-9/h2-6,8,14,20H,7,19H2,1H3. The molecule has 3 N–H and O–H groups in total. The number of halogens is 3. The van der Waals surface area contributed by atoms with E-state index in [2.05, 4.69) is 21.4 Å². The molecule has 2 aromatic rings. The minimum Gasteiger partial charge on any atom is -0.496 e. The van der Waals surface area contributed by atoms with E-state index in [0.29, 0.717) is 17.7 Å². The molecule has 0 bridgehead atoms. The maximum atomic E-state index is 13.2. The normalized spacial score (nSPS) is 12.2. The number of hydrogen-bond donors (Lipinski definition) is 2. The van der Waals surface area contributed by atoms with E-state index in [1.165, 1.54) is 6.07 Å². The third-order valence-corrected chi connectivity index (χ3v) is 3.82. The third-order valence-electron chi connectivity index (χ3n) is 3.20. The molecule has 112 valence electrons. The van der Waals surface area contributed by atoms with Crippen LogP contribution in [-0.2, 0) is 6.42 Å². The molecule has 0 amide bonds. The molecule has 1 atom stereocenters. The lowest BCUT2D eigenvalue weighted by atomic mass is 9.99. The summed E-state index contributed by atoms with van der Waals surface area (Å²) in [6, 6.07) is 9.17. The van der Waals surface area contributed by atoms with E-state index >= 15 is 0 Å². The molecule has 0 spiro atoms. The van der Waals surface area contributed by atoms with Gasteiger partial charge in [0.15, 0.2) is 11.6 Å². The van der Waals surface area contributed by atoms with Crippen molar-refractivity contribution in [1.29, 1.82) is 0 Å². The van der Waals surface area contributed by atoms with Crippen molar-refractivity contribution in [1.82, 2.24) is 5.43 Å². The van der Waals surface area contributed by atoms with Gasteiger partial charge in [-0.25, -0.2) is 8.78 Å². The second kappa shape index (κ2) is 6.98. The van der Waals surface area contributed by atoms with Crippen molar-refractivity contribution >= 4 is 15.9 Å². The highest BCUT2D eigenvalue weighted by molar-refractivity contribution is 9.10. The summed E-state index contributed by atoms with van der Waals surface area (Å²) in [6.07, 6.45) is 0.437. The lowest BCUT2D eigenvalue weighted by Gasteiger charge is -2.17. The maximum absolute atomic E-state index is 13.2. The van der Waals surface area contributed by atoms with Crippen molar-refractivity contribution in [3.8, 4) is 5.75 Å². The van der Waals surface area contributed by atoms with Crippen molar-refractivity contribution in [2.24, 2.45) is 5.84 Å². The summed E-state index contributed by atoms with van der Waals surface area (Å²) in [5.41, 5.74) is 4.26. The van der Waals surface area contributed by atoms with Crippen molar-refractivity contribution in [3.05, 3.63) is 63.6 Å². The fourth-order valence-electron chi connectivity index (χ4n) is 2.07. The van der Waals surface area contributed by atoms with Gasteiger partial charge in [-0.3, -0.25) is 11.3 Å². The van der Waals surface area contributed by atoms with Gasteiger partial charge in [-0.05, 0) is 57.7 Å². The van der Waals surface area contributed by atoms with E-state index in [4.69, 9.17) is 10.6 Å². The zero-order valence-electron chi connectivity index (χ0n) is 11.4. The quantitative estimate of drug-likeness (QED) is 0.636. The Morgan fingerprint density at radius 1 is 1.19 bits per heavy atom. The van der Waals surface area contributed by atoms with Crippen molar-refractivity contribution in [3.63, 3.8) is 0 Å². The van der Waals surface area contributed by atoms with Gasteiger partial charge in [0, 0.05) is 0 Å². The summed E-state index contributed by atoms with van der Waals surface area (Å²) >= 11 is 3.41. The molecule has 2 rings (SSSR count). The van der Waals surface area contributed by atoms with Gasteiger partial charge in [-0.1, -0.05) is 12.1 Å². The molecule has 3 nitrogen and oxygen atoms in total. The first kappa shape index (κ1) is 15.9. The van der Waals surface area contributed by atoms with Crippen molar-refractivity contribution in [2.75, 3.05) is 7.11 Å². The van der Waals surface area contributed by atoms with Gasteiger partial charge in [0.2, 0.25) is 0 Å². The van der Waals surface area contributed by atoms with Gasteiger partial charge in [0.1, 0.15) is 5.75 Å². The van der Waals surface area contributed by atoms with Crippen LogP contribution in [0, 0.1) is 11.6 Å². The highest BCUT2D eigenvalue weighted by Crippen LogP contribution is 2.29. The molecule has 0 aliphatic heterocycles. The summed E-state index contributed by atoms with van der Waals surface area (Å²) in [7, 11) is 1.58. The fraction of sp³-hybridized carbons (Fsp3) is 0.200. The van der Waals surface area contributed by atoms with E-state index in [0.717, 1.165) is 16.1 Å². The molecule has 0 heterocycles. The van der Waals surface area contributed by atoms with Gasteiger partial charge in [0.05, 0.1) is 17.6 Å². The molecule has 0 aliphatic carbocycles. The number of rotatable bonds is 5. The summed E-state index contributed by atoms with van der Waals surface area (Å²) in [5, 5.41) is 0. The molecule has 1 unspecified atom stereocenters. The minimum absolute atomic E-state index is 0.225. The molecule has 21 heavy (non-hydrogen) atoms. The summed E-state index contributed by atoms with van der Waals surface area (Å²) in [6.45, 7) is 0. The van der Waals surface area contributed by atoms with E-state index in [-0.39, 0.29) is 6.04 Å². The zero-order chi connectivity index (χ0) is 15.4. The summed E-state index contributed by atoms with van der Waals surface area (Å²) in [4.78, 5) is 0. The van der Waals surface area contributed by atoms with Gasteiger partial charge < -0.3 is 4.74 Å². The maximum Gasteiger partial charge on any atom is 0.159 e. The Bertz CT molecular complexity index is 637. The van der Waals surface area contributed by atoms with Crippen molar-refractivity contribution < 1.29 is 13.5 Å². The number of benzene rings is 2. The molecule has 0 aromatic heterocycles. The predicted molar refractivity (Wildman–Crippen MR) is 80.8 cm³/mol. The van der Waals surface area contributed by atoms with Gasteiger partial charge in [-0.2, -0.15) is 0 Å². The Balaban J connectivity index is 2.23. The second-order valence-electron chi connectivity index (χ2n) is 4.57. The zero-order valence-corrected chi connectivity index (χ0v) is 13.0. The Morgan fingerprint density at radius 3 is 2.52 bits per heavy atom. The average Bonchev–Trinajstić information content (AvgIpc) is 2.48. The smallest absolute Gasteiger partial charge is 0.159 e. The van der Waals surface area contributed by atoms with Crippen LogP contribution in [0.2, 0.25) is 0 Å². The SMILES string of the molecule is COc1ccc(C(Cc2ccc(F)c(F)c2)NN)cc1Br. The monoisotopic (exact) mass is 356 g/mol. The number of hydrazine groups is 1. The number of methoxy groups -OCH3 is 1. The van der Waals surface area contributed by atoms with Crippen LogP contribution >= 0.6 is 15.9 Å². The molecular formula is C15H15BrF2N2O. The highest BCUT2D eigenvalue weighted by atomic mass is 79.9. The molecule has 0 fully saturated rings. The summed E-state index contributed by atoms with van der Waals surface area (Å²) in [5.74, 6) is 4.57. The molecule has 2 aromatic carbocycles. The number of nitrogens with two attached hydrogens (primary N) is 1. The van der Waals surface area contributed by atoms with Crippen LogP contribution in [0.5, 0.6) is 5.75 Å². The van der Waals surface area contributed by atoms with Crippen LogP contribution in [0.4, 0.5) is 8.78 Å². The first-order valence-corrected chi connectivity index (χ1v) is 7.08. The highest BCUT2D eigenvalue weighted by Gasteiger charge is 2.14. The Hall–Kier alpha value is -1.50. The summed E-state index contributed by atoms with van der Waals surface area (Å²) < 4.78 is 32.2. The van der Waals surface area contributed by atoms with Crippen LogP contribution in [0.15, 0.2) is 40.9 Å². The lowest BCUT2D eigenvalue weighted by Crippen LogP contribution is -2.29. The Morgan fingerprint density at radius 2 is 1.95 bits per heavy atom. The third kappa shape index (κ3) is 3.78. The lowest BCUT2D eigenvalue weighted by molar-refractivity contribution is 0.411. The average molecular weight is 357 g/mol. The van der Waals surface area contributed by atoms with E-state index in [9.17, 15) is 8.78 Å². The van der Waals surface area contributed by atoms with E-state index in [1.807, 2.05) is 18.2 Å². The first-order chi connectivity index (χ1) is 10.0. The predicted octanol–water partition coefficient (Wildman–Crippen LogP) is 3.48. The topological polar surface area (TPSA) is 47.3 Å². The van der Waals surface area contributed by atoms with Gasteiger partial charge in [-0.15, -0.1) is 0 Å². The van der Waals surface area contributed by atoms with E-state index in [1.54, 1.807) is 13.2 Å². The van der Waals surface area contributed by atoms with Crippen LogP contribution in [0.3, 0.4) is 0 Å². The molecule has 0 aliphatic rings. The van der Waals surface area contributed by atoms with Crippen LogP contribution in [0.1, 0.15) is 17.2 Å². The molecule has 6 heteroatoms.